The SMILES string of the molecule is CCC(CC)NC(=O)CCC1CCC(N)CC1. The lowest BCUT2D eigenvalue weighted by atomic mass is 9.84. The van der Waals surface area contributed by atoms with E-state index >= 15 is 0 Å². The zero-order valence-corrected chi connectivity index (χ0v) is 11.4. The van der Waals surface area contributed by atoms with Crippen LogP contribution in [0.5, 0.6) is 0 Å². The summed E-state index contributed by atoms with van der Waals surface area (Å²) in [7, 11) is 0. The van der Waals surface area contributed by atoms with E-state index < -0.39 is 0 Å². The van der Waals surface area contributed by atoms with Crippen LogP contribution >= 0.6 is 0 Å². The fraction of sp³-hybridized carbons (Fsp3) is 0.929. The zero-order chi connectivity index (χ0) is 12.7. The van der Waals surface area contributed by atoms with Gasteiger partial charge in [0.05, 0.1) is 0 Å². The summed E-state index contributed by atoms with van der Waals surface area (Å²) in [5.74, 6) is 0.954. The number of rotatable bonds is 6. The van der Waals surface area contributed by atoms with E-state index in [1.165, 1.54) is 12.8 Å². The highest BCUT2D eigenvalue weighted by atomic mass is 16.1. The number of carbonyl (C=O) groups excluding carboxylic acids is 1. The maximum atomic E-state index is 11.7. The molecule has 17 heavy (non-hydrogen) atoms. The Morgan fingerprint density at radius 1 is 1.24 bits per heavy atom. The predicted octanol–water partition coefficient (Wildman–Crippen LogP) is 2.59. The van der Waals surface area contributed by atoms with E-state index in [9.17, 15) is 4.79 Å². The molecule has 0 aromatic carbocycles. The monoisotopic (exact) mass is 240 g/mol. The summed E-state index contributed by atoms with van der Waals surface area (Å²) >= 11 is 0. The van der Waals surface area contributed by atoms with Crippen LogP contribution in [-0.4, -0.2) is 18.0 Å². The van der Waals surface area contributed by atoms with Crippen molar-refractivity contribution in [3.63, 3.8) is 0 Å². The Hall–Kier alpha value is -0.570. The highest BCUT2D eigenvalue weighted by Crippen LogP contribution is 2.26. The van der Waals surface area contributed by atoms with E-state index in [1.54, 1.807) is 0 Å². The van der Waals surface area contributed by atoms with Crippen LogP contribution in [0.3, 0.4) is 0 Å². The lowest BCUT2D eigenvalue weighted by Crippen LogP contribution is -2.34. The Morgan fingerprint density at radius 3 is 2.35 bits per heavy atom. The molecular weight excluding hydrogens is 212 g/mol. The van der Waals surface area contributed by atoms with Crippen LogP contribution in [0, 0.1) is 5.92 Å². The van der Waals surface area contributed by atoms with Gasteiger partial charge in [-0.25, -0.2) is 0 Å². The molecule has 0 heterocycles. The first-order chi connectivity index (χ1) is 8.15. The van der Waals surface area contributed by atoms with E-state index in [0.717, 1.165) is 38.0 Å². The normalized spacial score (nSPS) is 24.9. The summed E-state index contributed by atoms with van der Waals surface area (Å²) in [6.07, 6.45) is 8.48. The second kappa shape index (κ2) is 7.70. The van der Waals surface area contributed by atoms with Crippen molar-refractivity contribution in [3.8, 4) is 0 Å². The van der Waals surface area contributed by atoms with E-state index in [1.807, 2.05) is 0 Å². The lowest BCUT2D eigenvalue weighted by molar-refractivity contribution is -0.122. The average Bonchev–Trinajstić information content (AvgIpc) is 2.35. The topological polar surface area (TPSA) is 55.1 Å². The molecule has 1 rings (SSSR count). The van der Waals surface area contributed by atoms with Gasteiger partial charge in [-0.2, -0.15) is 0 Å². The largest absolute Gasteiger partial charge is 0.353 e. The third-order valence-electron chi connectivity index (χ3n) is 4.02. The summed E-state index contributed by atoms with van der Waals surface area (Å²) in [6.45, 7) is 4.24. The first-order valence-corrected chi connectivity index (χ1v) is 7.20. The third kappa shape index (κ3) is 5.53. The first-order valence-electron chi connectivity index (χ1n) is 7.20. The summed E-state index contributed by atoms with van der Waals surface area (Å²) in [5, 5.41) is 3.10. The van der Waals surface area contributed by atoms with Gasteiger partial charge in [-0.15, -0.1) is 0 Å². The van der Waals surface area contributed by atoms with Crippen LogP contribution in [0.1, 0.15) is 65.2 Å². The van der Waals surface area contributed by atoms with E-state index in [2.05, 4.69) is 19.2 Å². The molecular formula is C14H28N2O. The second-order valence-electron chi connectivity index (χ2n) is 5.40. The van der Waals surface area contributed by atoms with Crippen LogP contribution in [-0.2, 0) is 4.79 Å². The van der Waals surface area contributed by atoms with Crippen molar-refractivity contribution in [2.45, 2.75) is 77.3 Å². The van der Waals surface area contributed by atoms with Crippen molar-refractivity contribution >= 4 is 5.91 Å². The van der Waals surface area contributed by atoms with Gasteiger partial charge in [-0.3, -0.25) is 4.79 Å². The van der Waals surface area contributed by atoms with Crippen LogP contribution in [0.25, 0.3) is 0 Å². The third-order valence-corrected chi connectivity index (χ3v) is 4.02. The summed E-state index contributed by atoms with van der Waals surface area (Å²) in [5.41, 5.74) is 5.88. The highest BCUT2D eigenvalue weighted by molar-refractivity contribution is 5.76. The van der Waals surface area contributed by atoms with Crippen LogP contribution in [0.4, 0.5) is 0 Å². The maximum absolute atomic E-state index is 11.7. The molecule has 3 heteroatoms. The van der Waals surface area contributed by atoms with Crippen molar-refractivity contribution in [1.29, 1.82) is 0 Å². The average molecular weight is 240 g/mol. The van der Waals surface area contributed by atoms with Gasteiger partial charge in [-0.1, -0.05) is 13.8 Å². The molecule has 0 aromatic heterocycles. The number of hydrogen-bond donors (Lipinski definition) is 2. The fourth-order valence-electron chi connectivity index (χ4n) is 2.60. The Kier molecular flexibility index (Phi) is 6.56. The van der Waals surface area contributed by atoms with E-state index in [0.29, 0.717) is 18.5 Å². The minimum absolute atomic E-state index is 0.230. The Balaban J connectivity index is 2.15. The minimum atomic E-state index is 0.230. The molecule has 0 radical (unpaired) electrons. The van der Waals surface area contributed by atoms with E-state index in [-0.39, 0.29) is 5.91 Å². The van der Waals surface area contributed by atoms with Gasteiger partial charge in [0.2, 0.25) is 5.91 Å². The summed E-state index contributed by atoms with van der Waals surface area (Å²) < 4.78 is 0. The molecule has 0 saturated heterocycles. The molecule has 0 atom stereocenters. The van der Waals surface area contributed by atoms with Crippen LogP contribution in [0.2, 0.25) is 0 Å². The molecule has 1 fully saturated rings. The number of nitrogens with one attached hydrogen (secondary N) is 1. The van der Waals surface area contributed by atoms with Crippen molar-refractivity contribution in [1.82, 2.24) is 5.32 Å². The van der Waals surface area contributed by atoms with Crippen molar-refractivity contribution in [3.05, 3.63) is 0 Å². The molecule has 1 aliphatic rings. The molecule has 0 bridgehead atoms. The van der Waals surface area contributed by atoms with Gasteiger partial charge in [0, 0.05) is 18.5 Å². The Labute approximate surface area is 106 Å². The molecule has 1 amide bonds. The zero-order valence-electron chi connectivity index (χ0n) is 11.4. The van der Waals surface area contributed by atoms with E-state index in [4.69, 9.17) is 5.73 Å². The summed E-state index contributed by atoms with van der Waals surface area (Å²) in [6, 6.07) is 0.770. The smallest absolute Gasteiger partial charge is 0.220 e. The second-order valence-corrected chi connectivity index (χ2v) is 5.40. The van der Waals surface area contributed by atoms with Crippen molar-refractivity contribution in [2.75, 3.05) is 0 Å². The molecule has 100 valence electrons. The number of amides is 1. The molecule has 1 saturated carbocycles. The highest BCUT2D eigenvalue weighted by Gasteiger charge is 2.19. The van der Waals surface area contributed by atoms with Gasteiger partial charge < -0.3 is 11.1 Å². The first kappa shape index (κ1) is 14.5. The van der Waals surface area contributed by atoms with Gasteiger partial charge >= 0.3 is 0 Å². The Bertz CT molecular complexity index is 218. The van der Waals surface area contributed by atoms with Crippen LogP contribution in [0.15, 0.2) is 0 Å². The van der Waals surface area contributed by atoms with Crippen LogP contribution < -0.4 is 11.1 Å². The Morgan fingerprint density at radius 2 is 1.82 bits per heavy atom. The fourth-order valence-corrected chi connectivity index (χ4v) is 2.60. The quantitative estimate of drug-likeness (QED) is 0.750. The van der Waals surface area contributed by atoms with Gasteiger partial charge in [0.15, 0.2) is 0 Å². The lowest BCUT2D eigenvalue weighted by Gasteiger charge is -2.26. The standard InChI is InChI=1S/C14H28N2O/c1-3-13(4-2)16-14(17)10-7-11-5-8-12(15)9-6-11/h11-13H,3-10,15H2,1-2H3,(H,16,17). The maximum Gasteiger partial charge on any atom is 0.220 e. The van der Waals surface area contributed by atoms with Gasteiger partial charge in [-0.05, 0) is 50.9 Å². The van der Waals surface area contributed by atoms with Gasteiger partial charge in [0.1, 0.15) is 0 Å². The molecule has 0 aliphatic heterocycles. The minimum Gasteiger partial charge on any atom is -0.353 e. The molecule has 3 N–H and O–H groups in total. The number of hydrogen-bond acceptors (Lipinski definition) is 2. The number of nitrogens with two attached hydrogens (primary N) is 1. The molecule has 0 aromatic rings. The summed E-state index contributed by atoms with van der Waals surface area (Å²) in [4.78, 5) is 11.7. The molecule has 3 nitrogen and oxygen atoms in total. The van der Waals surface area contributed by atoms with Crippen molar-refractivity contribution < 1.29 is 4.79 Å². The van der Waals surface area contributed by atoms with Crippen molar-refractivity contribution in [2.24, 2.45) is 11.7 Å². The number of carbonyl (C=O) groups is 1. The molecule has 0 spiro atoms. The molecule has 0 unspecified atom stereocenters. The predicted molar refractivity (Wildman–Crippen MR) is 71.7 cm³/mol. The van der Waals surface area contributed by atoms with Gasteiger partial charge in [0.25, 0.3) is 0 Å². The molecule has 1 aliphatic carbocycles.